The van der Waals surface area contributed by atoms with Crippen molar-refractivity contribution in [2.24, 2.45) is 7.05 Å². The summed E-state index contributed by atoms with van der Waals surface area (Å²) in [5.41, 5.74) is 2.07. The minimum atomic E-state index is 0.755. The number of hydrogen-bond donors (Lipinski definition) is 1. The van der Waals surface area contributed by atoms with Gasteiger partial charge in [0.05, 0.1) is 5.69 Å². The number of hydrogen-bond acceptors (Lipinski definition) is 5. The molecule has 0 radical (unpaired) electrons. The van der Waals surface area contributed by atoms with Gasteiger partial charge in [-0.3, -0.25) is 0 Å². The third kappa shape index (κ3) is 2.22. The highest BCUT2D eigenvalue weighted by Gasteiger charge is 2.14. The first kappa shape index (κ1) is 12.2. The van der Waals surface area contributed by atoms with Crippen molar-refractivity contribution in [2.75, 3.05) is 7.05 Å². The molecule has 0 aliphatic heterocycles. The first-order valence-corrected chi connectivity index (χ1v) is 6.73. The molecule has 0 aliphatic carbocycles. The smallest absolute Gasteiger partial charge is 0.192 e. The van der Waals surface area contributed by atoms with E-state index >= 15 is 0 Å². The standard InChI is InChI=1S/C12H14N6S/c1-13-7-9-11(19-12-14-8-15-17(12)2)16-10-5-3-4-6-18(9)10/h3-6,8,13H,7H2,1-2H3. The lowest BCUT2D eigenvalue weighted by Gasteiger charge is -2.03. The molecular formula is C12H14N6S. The summed E-state index contributed by atoms with van der Waals surface area (Å²) in [5, 5.41) is 9.05. The highest BCUT2D eigenvalue weighted by Crippen LogP contribution is 2.28. The molecule has 0 saturated carbocycles. The van der Waals surface area contributed by atoms with Crippen molar-refractivity contribution in [3.8, 4) is 0 Å². The number of nitrogens with zero attached hydrogens (tertiary/aromatic N) is 5. The van der Waals surface area contributed by atoms with Crippen LogP contribution < -0.4 is 5.32 Å². The van der Waals surface area contributed by atoms with Crippen LogP contribution >= 0.6 is 11.8 Å². The van der Waals surface area contributed by atoms with E-state index in [1.54, 1.807) is 11.0 Å². The van der Waals surface area contributed by atoms with Gasteiger partial charge in [-0.25, -0.2) is 14.6 Å². The van der Waals surface area contributed by atoms with Gasteiger partial charge in [0.1, 0.15) is 17.0 Å². The van der Waals surface area contributed by atoms with Gasteiger partial charge in [-0.2, -0.15) is 5.10 Å². The van der Waals surface area contributed by atoms with Gasteiger partial charge in [-0.15, -0.1) is 0 Å². The monoisotopic (exact) mass is 274 g/mol. The first-order chi connectivity index (χ1) is 9.29. The molecule has 3 aromatic heterocycles. The summed E-state index contributed by atoms with van der Waals surface area (Å²) in [4.78, 5) is 8.88. The van der Waals surface area contributed by atoms with Crippen LogP contribution in [-0.2, 0) is 13.6 Å². The number of imidazole rings is 1. The lowest BCUT2D eigenvalue weighted by molar-refractivity contribution is 0.683. The van der Waals surface area contributed by atoms with Crippen molar-refractivity contribution >= 4 is 17.4 Å². The van der Waals surface area contributed by atoms with Crippen LogP contribution in [0.2, 0.25) is 0 Å². The van der Waals surface area contributed by atoms with Gasteiger partial charge in [0, 0.05) is 19.8 Å². The topological polar surface area (TPSA) is 60.0 Å². The number of aromatic nitrogens is 5. The van der Waals surface area contributed by atoms with Gasteiger partial charge in [0.15, 0.2) is 5.16 Å². The molecule has 0 bridgehead atoms. The van der Waals surface area contributed by atoms with Crippen molar-refractivity contribution in [1.82, 2.24) is 29.5 Å². The van der Waals surface area contributed by atoms with Crippen molar-refractivity contribution in [2.45, 2.75) is 16.7 Å². The Morgan fingerprint density at radius 3 is 3.00 bits per heavy atom. The minimum absolute atomic E-state index is 0.755. The fourth-order valence-corrected chi connectivity index (χ4v) is 2.78. The number of pyridine rings is 1. The molecule has 0 amide bonds. The molecule has 0 aromatic carbocycles. The Labute approximate surface area is 114 Å². The molecule has 3 aromatic rings. The van der Waals surface area contributed by atoms with Gasteiger partial charge in [0.2, 0.25) is 0 Å². The molecule has 7 heteroatoms. The molecule has 0 unspecified atom stereocenters. The van der Waals surface area contributed by atoms with E-state index in [9.17, 15) is 0 Å². The summed E-state index contributed by atoms with van der Waals surface area (Å²) in [5.74, 6) is 0. The van der Waals surface area contributed by atoms with Crippen molar-refractivity contribution in [3.05, 3.63) is 36.4 Å². The molecule has 3 heterocycles. The fourth-order valence-electron chi connectivity index (χ4n) is 1.90. The van der Waals surface area contributed by atoms with Crippen LogP contribution in [0.1, 0.15) is 5.69 Å². The van der Waals surface area contributed by atoms with Crippen molar-refractivity contribution < 1.29 is 0 Å². The van der Waals surface area contributed by atoms with Crippen LogP contribution in [0.25, 0.3) is 5.65 Å². The Morgan fingerprint density at radius 1 is 1.37 bits per heavy atom. The summed E-state index contributed by atoms with van der Waals surface area (Å²) in [6.07, 6.45) is 3.58. The Morgan fingerprint density at radius 2 is 2.26 bits per heavy atom. The van der Waals surface area contributed by atoms with E-state index in [0.29, 0.717) is 0 Å². The molecule has 0 aliphatic rings. The van der Waals surface area contributed by atoms with E-state index in [1.807, 2.05) is 38.5 Å². The third-order valence-electron chi connectivity index (χ3n) is 2.79. The number of aryl methyl sites for hydroxylation is 1. The van der Waals surface area contributed by atoms with Gasteiger partial charge in [0.25, 0.3) is 0 Å². The van der Waals surface area contributed by atoms with E-state index in [0.717, 1.165) is 28.1 Å². The maximum atomic E-state index is 4.65. The summed E-state index contributed by atoms with van der Waals surface area (Å²) in [7, 11) is 3.81. The summed E-state index contributed by atoms with van der Waals surface area (Å²) in [6, 6.07) is 5.99. The van der Waals surface area contributed by atoms with E-state index in [4.69, 9.17) is 0 Å². The van der Waals surface area contributed by atoms with Crippen LogP contribution in [0.3, 0.4) is 0 Å². The van der Waals surface area contributed by atoms with Crippen molar-refractivity contribution in [1.29, 1.82) is 0 Å². The Balaban J connectivity index is 2.07. The van der Waals surface area contributed by atoms with Crippen LogP contribution in [-0.4, -0.2) is 31.2 Å². The van der Waals surface area contributed by atoms with E-state index in [-0.39, 0.29) is 0 Å². The second kappa shape index (κ2) is 5.02. The zero-order valence-corrected chi connectivity index (χ0v) is 11.6. The number of rotatable bonds is 4. The molecule has 0 atom stereocenters. The Kier molecular flexibility index (Phi) is 3.22. The maximum absolute atomic E-state index is 4.65. The Hall–Kier alpha value is -1.86. The van der Waals surface area contributed by atoms with Crippen LogP contribution in [0.5, 0.6) is 0 Å². The van der Waals surface area contributed by atoms with Gasteiger partial charge in [-0.05, 0) is 30.9 Å². The first-order valence-electron chi connectivity index (χ1n) is 5.92. The Bertz CT molecular complexity index is 701. The van der Waals surface area contributed by atoms with E-state index in [1.165, 1.54) is 11.8 Å². The van der Waals surface area contributed by atoms with Crippen LogP contribution in [0.4, 0.5) is 0 Å². The molecule has 98 valence electrons. The highest BCUT2D eigenvalue weighted by molar-refractivity contribution is 7.99. The largest absolute Gasteiger partial charge is 0.314 e. The summed E-state index contributed by atoms with van der Waals surface area (Å²) in [6.45, 7) is 0.755. The molecule has 1 N–H and O–H groups in total. The summed E-state index contributed by atoms with van der Waals surface area (Å²) < 4.78 is 3.84. The van der Waals surface area contributed by atoms with Gasteiger partial charge in [-0.1, -0.05) is 6.07 Å². The molecule has 3 rings (SSSR count). The fraction of sp³-hybridized carbons (Fsp3) is 0.250. The lowest BCUT2D eigenvalue weighted by atomic mass is 10.4. The predicted molar refractivity (Wildman–Crippen MR) is 73.1 cm³/mol. The zero-order chi connectivity index (χ0) is 13.2. The van der Waals surface area contributed by atoms with Gasteiger partial charge >= 0.3 is 0 Å². The maximum Gasteiger partial charge on any atom is 0.192 e. The van der Waals surface area contributed by atoms with E-state index < -0.39 is 0 Å². The molecule has 6 nitrogen and oxygen atoms in total. The number of nitrogens with one attached hydrogen (secondary N) is 1. The predicted octanol–water partition coefficient (Wildman–Crippen LogP) is 1.33. The third-order valence-corrected chi connectivity index (χ3v) is 3.87. The second-order valence-corrected chi connectivity index (χ2v) is 5.05. The average molecular weight is 274 g/mol. The molecule has 0 fully saturated rings. The van der Waals surface area contributed by atoms with E-state index in [2.05, 4.69) is 24.8 Å². The molecule has 0 spiro atoms. The van der Waals surface area contributed by atoms with Crippen LogP contribution in [0.15, 0.2) is 40.9 Å². The average Bonchev–Trinajstić information content (AvgIpc) is 2.96. The molecular weight excluding hydrogens is 260 g/mol. The quantitative estimate of drug-likeness (QED) is 0.778. The number of fused-ring (bicyclic) bond motifs is 1. The lowest BCUT2D eigenvalue weighted by Crippen LogP contribution is -2.08. The zero-order valence-electron chi connectivity index (χ0n) is 10.7. The summed E-state index contributed by atoms with van der Waals surface area (Å²) >= 11 is 1.53. The molecule has 19 heavy (non-hydrogen) atoms. The second-order valence-electron chi connectivity index (χ2n) is 4.09. The minimum Gasteiger partial charge on any atom is -0.314 e. The highest BCUT2D eigenvalue weighted by atomic mass is 32.2. The van der Waals surface area contributed by atoms with Gasteiger partial charge < -0.3 is 9.72 Å². The normalized spacial score (nSPS) is 11.3. The SMILES string of the molecule is CNCc1c(Sc2ncnn2C)nc2ccccn12. The molecule has 0 saturated heterocycles. The van der Waals surface area contributed by atoms with Crippen LogP contribution in [0, 0.1) is 0 Å². The van der Waals surface area contributed by atoms with Crippen molar-refractivity contribution in [3.63, 3.8) is 0 Å².